The summed E-state index contributed by atoms with van der Waals surface area (Å²) in [6.07, 6.45) is -1.13. The van der Waals surface area contributed by atoms with E-state index in [0.717, 1.165) is 26.9 Å². The normalized spacial score (nSPS) is 9.94. The number of nitrogens with zero attached hydrogens (tertiary/aromatic N) is 2. The Hall–Kier alpha value is -1.78. The highest BCUT2D eigenvalue weighted by Gasteiger charge is 2.06. The van der Waals surface area contributed by atoms with Crippen LogP contribution >= 0.6 is 23.1 Å². The molecule has 0 aliphatic rings. The molecule has 0 radical (unpaired) electrons. The smallest absolute Gasteiger partial charge is 0.410 e. The third-order valence-corrected chi connectivity index (χ3v) is 3.25. The lowest BCUT2D eigenvalue weighted by Crippen LogP contribution is -2.06. The van der Waals surface area contributed by atoms with Crippen LogP contribution in [-0.4, -0.2) is 16.2 Å². The van der Waals surface area contributed by atoms with Gasteiger partial charge in [-0.25, -0.2) is 9.78 Å². The molecule has 0 fully saturated rings. The van der Waals surface area contributed by atoms with Gasteiger partial charge in [0.2, 0.25) is 0 Å². The van der Waals surface area contributed by atoms with E-state index in [1.54, 1.807) is 12.1 Å². The molecule has 0 aliphatic heterocycles. The van der Waals surface area contributed by atoms with Gasteiger partial charge in [0.15, 0.2) is 5.13 Å². The zero-order valence-corrected chi connectivity index (χ0v) is 9.43. The van der Waals surface area contributed by atoms with Crippen molar-refractivity contribution in [3.8, 4) is 5.40 Å². The van der Waals surface area contributed by atoms with Crippen molar-refractivity contribution in [1.29, 1.82) is 5.26 Å². The van der Waals surface area contributed by atoms with E-state index in [1.807, 2.05) is 11.5 Å². The van der Waals surface area contributed by atoms with Gasteiger partial charge in [0.05, 0.1) is 10.2 Å². The van der Waals surface area contributed by atoms with Crippen molar-refractivity contribution in [1.82, 2.24) is 4.98 Å². The Bertz CT molecular complexity index is 588. The standard InChI is InChI=1S/C9H5N3O2S2/c10-4-15-5-1-2-6-7(3-5)16-8(11-6)12-9(13)14/h1-3H,(H,11,12)(H,13,14). The fourth-order valence-electron chi connectivity index (χ4n) is 1.17. The molecule has 80 valence electrons. The second-order valence-electron chi connectivity index (χ2n) is 2.77. The molecular weight excluding hydrogens is 246 g/mol. The molecule has 7 heteroatoms. The molecule has 1 heterocycles. The van der Waals surface area contributed by atoms with Crippen molar-refractivity contribution in [3.63, 3.8) is 0 Å². The van der Waals surface area contributed by atoms with E-state index in [4.69, 9.17) is 10.4 Å². The minimum Gasteiger partial charge on any atom is -0.465 e. The number of rotatable bonds is 2. The minimum absolute atomic E-state index is 0.335. The largest absolute Gasteiger partial charge is 0.465 e. The first-order valence-corrected chi connectivity index (χ1v) is 5.79. The van der Waals surface area contributed by atoms with Crippen LogP contribution in [0.4, 0.5) is 9.93 Å². The maximum absolute atomic E-state index is 10.4. The van der Waals surface area contributed by atoms with Gasteiger partial charge in [-0.1, -0.05) is 11.3 Å². The quantitative estimate of drug-likeness (QED) is 0.633. The van der Waals surface area contributed by atoms with Gasteiger partial charge in [-0.3, -0.25) is 5.32 Å². The molecule has 0 atom stereocenters. The number of hydrogen-bond donors (Lipinski definition) is 2. The van der Waals surface area contributed by atoms with E-state index in [2.05, 4.69) is 10.3 Å². The van der Waals surface area contributed by atoms with Crippen LogP contribution in [0.15, 0.2) is 23.1 Å². The average Bonchev–Trinajstić information content (AvgIpc) is 2.58. The van der Waals surface area contributed by atoms with Crippen molar-refractivity contribution in [2.45, 2.75) is 4.90 Å². The van der Waals surface area contributed by atoms with Gasteiger partial charge in [0, 0.05) is 4.90 Å². The van der Waals surface area contributed by atoms with Crippen LogP contribution in [0.3, 0.4) is 0 Å². The first-order chi connectivity index (χ1) is 7.69. The molecular formula is C9H5N3O2S2. The average molecular weight is 251 g/mol. The zero-order valence-electron chi connectivity index (χ0n) is 7.80. The molecule has 1 amide bonds. The number of carbonyl (C=O) groups is 1. The predicted octanol–water partition coefficient (Wildman–Crippen LogP) is 2.96. The van der Waals surface area contributed by atoms with Gasteiger partial charge < -0.3 is 5.11 Å². The topological polar surface area (TPSA) is 86.0 Å². The Morgan fingerprint density at radius 2 is 2.44 bits per heavy atom. The summed E-state index contributed by atoms with van der Waals surface area (Å²) in [4.78, 5) is 15.3. The molecule has 1 aromatic heterocycles. The van der Waals surface area contributed by atoms with E-state index in [1.165, 1.54) is 11.3 Å². The molecule has 0 bridgehead atoms. The molecule has 16 heavy (non-hydrogen) atoms. The first kappa shape index (κ1) is 10.7. The highest BCUT2D eigenvalue weighted by Crippen LogP contribution is 2.29. The van der Waals surface area contributed by atoms with Crippen molar-refractivity contribution >= 4 is 44.5 Å². The molecule has 1 aromatic carbocycles. The zero-order chi connectivity index (χ0) is 11.5. The molecule has 5 nitrogen and oxygen atoms in total. The summed E-state index contributed by atoms with van der Waals surface area (Å²) in [5.74, 6) is 0. The van der Waals surface area contributed by atoms with Crippen LogP contribution in [0.1, 0.15) is 0 Å². The van der Waals surface area contributed by atoms with Crippen molar-refractivity contribution in [2.75, 3.05) is 5.32 Å². The fraction of sp³-hybridized carbons (Fsp3) is 0. The molecule has 0 aliphatic carbocycles. The number of thioether (sulfide) groups is 1. The molecule has 2 rings (SSSR count). The Morgan fingerprint density at radius 1 is 1.62 bits per heavy atom. The number of thiazole rings is 1. The second-order valence-corrected chi connectivity index (χ2v) is 4.66. The lowest BCUT2D eigenvalue weighted by molar-refractivity contribution is 0.210. The molecule has 0 saturated heterocycles. The highest BCUT2D eigenvalue weighted by atomic mass is 32.2. The lowest BCUT2D eigenvalue weighted by Gasteiger charge is -1.91. The van der Waals surface area contributed by atoms with E-state index in [9.17, 15) is 4.79 Å². The molecule has 0 unspecified atom stereocenters. The summed E-state index contributed by atoms with van der Waals surface area (Å²) in [5, 5.41) is 21.6. The van der Waals surface area contributed by atoms with Crippen molar-refractivity contribution in [2.24, 2.45) is 0 Å². The van der Waals surface area contributed by atoms with Crippen LogP contribution in [0.25, 0.3) is 10.2 Å². The number of carboxylic acid groups (broad SMARTS) is 1. The number of hydrogen-bond acceptors (Lipinski definition) is 5. The maximum Gasteiger partial charge on any atom is 0.410 e. The third-order valence-electron chi connectivity index (χ3n) is 1.74. The van der Waals surface area contributed by atoms with E-state index < -0.39 is 6.09 Å². The fourth-order valence-corrected chi connectivity index (χ4v) is 2.55. The SMILES string of the molecule is N#CSc1ccc2nc(NC(=O)O)sc2c1. The Morgan fingerprint density at radius 3 is 3.12 bits per heavy atom. The number of amides is 1. The van der Waals surface area contributed by atoms with E-state index >= 15 is 0 Å². The molecule has 0 spiro atoms. The number of aromatic nitrogens is 1. The number of thiocyanates is 1. The van der Waals surface area contributed by atoms with Gasteiger partial charge in [-0.2, -0.15) is 5.26 Å². The maximum atomic E-state index is 10.4. The second kappa shape index (κ2) is 4.38. The summed E-state index contributed by atoms with van der Waals surface area (Å²) < 4.78 is 0.851. The Balaban J connectivity index is 2.38. The van der Waals surface area contributed by atoms with Gasteiger partial charge in [0.1, 0.15) is 5.40 Å². The number of anilines is 1. The number of fused-ring (bicyclic) bond motifs is 1. The number of nitrogens with one attached hydrogen (secondary N) is 1. The summed E-state index contributed by atoms with van der Waals surface area (Å²) in [7, 11) is 0. The van der Waals surface area contributed by atoms with Gasteiger partial charge in [-0.15, -0.1) is 0 Å². The summed E-state index contributed by atoms with van der Waals surface area (Å²) >= 11 is 2.30. The molecule has 2 aromatic rings. The van der Waals surface area contributed by atoms with E-state index in [0.29, 0.717) is 5.13 Å². The van der Waals surface area contributed by atoms with Gasteiger partial charge in [0.25, 0.3) is 0 Å². The number of nitriles is 1. The molecule has 0 saturated carbocycles. The van der Waals surface area contributed by atoms with E-state index in [-0.39, 0.29) is 0 Å². The number of benzene rings is 1. The first-order valence-electron chi connectivity index (χ1n) is 4.15. The third kappa shape index (κ3) is 2.24. The van der Waals surface area contributed by atoms with Crippen LogP contribution < -0.4 is 5.32 Å². The predicted molar refractivity (Wildman–Crippen MR) is 62.7 cm³/mol. The lowest BCUT2D eigenvalue weighted by atomic mass is 10.3. The van der Waals surface area contributed by atoms with Crippen LogP contribution in [0, 0.1) is 10.7 Å². The van der Waals surface area contributed by atoms with Crippen molar-refractivity contribution < 1.29 is 9.90 Å². The highest BCUT2D eigenvalue weighted by molar-refractivity contribution is 8.03. The van der Waals surface area contributed by atoms with Crippen LogP contribution in [0.5, 0.6) is 0 Å². The monoisotopic (exact) mass is 251 g/mol. The minimum atomic E-state index is -1.13. The van der Waals surface area contributed by atoms with Gasteiger partial charge in [-0.05, 0) is 30.0 Å². The Kier molecular flexibility index (Phi) is 2.94. The van der Waals surface area contributed by atoms with Gasteiger partial charge >= 0.3 is 6.09 Å². The summed E-state index contributed by atoms with van der Waals surface area (Å²) in [5.41, 5.74) is 0.719. The van der Waals surface area contributed by atoms with Crippen LogP contribution in [0.2, 0.25) is 0 Å². The summed E-state index contributed by atoms with van der Waals surface area (Å²) in [6, 6.07) is 5.35. The summed E-state index contributed by atoms with van der Waals surface area (Å²) in [6.45, 7) is 0. The van der Waals surface area contributed by atoms with Crippen molar-refractivity contribution in [3.05, 3.63) is 18.2 Å². The Labute approximate surface area is 98.7 Å². The molecule has 2 N–H and O–H groups in total. The van der Waals surface area contributed by atoms with Crippen LogP contribution in [-0.2, 0) is 0 Å².